The third-order valence-corrected chi connectivity index (χ3v) is 4.78. The minimum absolute atomic E-state index is 0.305. The largest absolute Gasteiger partial charge is 0.292 e. The average molecular weight is 263 g/mol. The van der Waals surface area contributed by atoms with Crippen molar-refractivity contribution < 1.29 is 4.79 Å². The maximum atomic E-state index is 12.9. The van der Waals surface area contributed by atoms with Gasteiger partial charge in [0.1, 0.15) is 0 Å². The lowest BCUT2D eigenvalue weighted by molar-refractivity contribution is -0.125. The lowest BCUT2D eigenvalue weighted by Crippen LogP contribution is -2.51. The molecule has 0 N–H and O–H groups in total. The van der Waals surface area contributed by atoms with Crippen LogP contribution in [0.3, 0.4) is 0 Å². The summed E-state index contributed by atoms with van der Waals surface area (Å²) in [4.78, 5) is 15.3. The summed E-state index contributed by atoms with van der Waals surface area (Å²) in [5.74, 6) is 0.385. The Morgan fingerprint density at radius 2 is 1.63 bits per heavy atom. The Hall–Kier alpha value is -0.630. The Balaban J connectivity index is 2.08. The molecular formula is C17H29NO. The van der Waals surface area contributed by atoms with E-state index < -0.39 is 0 Å². The number of allylic oxidation sites excluding steroid dienone is 1. The molecule has 2 rings (SSSR count). The first-order chi connectivity index (χ1) is 9.12. The summed E-state index contributed by atoms with van der Waals surface area (Å²) in [6.45, 7) is 6.44. The van der Waals surface area contributed by atoms with Crippen LogP contribution < -0.4 is 0 Å². The van der Waals surface area contributed by atoms with Crippen molar-refractivity contribution in [3.05, 3.63) is 11.6 Å². The maximum Gasteiger partial charge on any atom is 0.178 e. The molecule has 0 amide bonds. The molecule has 1 fully saturated rings. The molecule has 1 heterocycles. The summed E-state index contributed by atoms with van der Waals surface area (Å²) in [5.41, 5.74) is 0.798. The molecule has 0 atom stereocenters. The molecule has 0 aromatic rings. The number of carbonyl (C=O) groups is 1. The Labute approximate surface area is 118 Å². The van der Waals surface area contributed by atoms with Crippen LogP contribution in [0.1, 0.15) is 71.6 Å². The Bertz CT molecular complexity index is 335. The highest BCUT2D eigenvalue weighted by Crippen LogP contribution is 2.27. The fourth-order valence-electron chi connectivity index (χ4n) is 3.39. The minimum Gasteiger partial charge on any atom is -0.292 e. The SMILES string of the molecule is CC(C)(C(=O)C1=CCCCCC1)N1CCCCCC1. The van der Waals surface area contributed by atoms with Crippen LogP contribution >= 0.6 is 0 Å². The maximum absolute atomic E-state index is 12.9. The van der Waals surface area contributed by atoms with Crippen LogP contribution in [0.2, 0.25) is 0 Å². The lowest BCUT2D eigenvalue weighted by atomic mass is 9.88. The summed E-state index contributed by atoms with van der Waals surface area (Å²) in [6.07, 6.45) is 13.2. The van der Waals surface area contributed by atoms with Gasteiger partial charge in [0, 0.05) is 0 Å². The first-order valence-electron chi connectivity index (χ1n) is 8.11. The fourth-order valence-corrected chi connectivity index (χ4v) is 3.39. The van der Waals surface area contributed by atoms with Crippen LogP contribution in [0.15, 0.2) is 11.6 Å². The van der Waals surface area contributed by atoms with E-state index in [-0.39, 0.29) is 5.54 Å². The molecule has 0 saturated carbocycles. The van der Waals surface area contributed by atoms with E-state index in [4.69, 9.17) is 0 Å². The van der Waals surface area contributed by atoms with E-state index in [0.717, 1.165) is 31.5 Å². The van der Waals surface area contributed by atoms with E-state index in [2.05, 4.69) is 24.8 Å². The summed E-state index contributed by atoms with van der Waals surface area (Å²) < 4.78 is 0. The molecule has 0 unspecified atom stereocenters. The Kier molecular flexibility index (Phi) is 5.20. The quantitative estimate of drug-likeness (QED) is 0.764. The molecule has 1 aliphatic heterocycles. The normalized spacial score (nSPS) is 23.4. The summed E-state index contributed by atoms with van der Waals surface area (Å²) in [5, 5.41) is 0. The highest BCUT2D eigenvalue weighted by molar-refractivity contribution is 6.02. The van der Waals surface area contributed by atoms with Gasteiger partial charge in [0.2, 0.25) is 0 Å². The van der Waals surface area contributed by atoms with E-state index in [1.807, 2.05) is 0 Å². The van der Waals surface area contributed by atoms with Gasteiger partial charge in [-0.05, 0) is 71.0 Å². The standard InChI is InChI=1S/C17H29NO/c1-17(2,18-13-9-5-6-10-14-18)16(19)15-11-7-3-4-8-12-15/h11H,3-10,12-14H2,1-2H3. The van der Waals surface area contributed by atoms with Crippen molar-refractivity contribution in [3.8, 4) is 0 Å². The lowest BCUT2D eigenvalue weighted by Gasteiger charge is -2.37. The molecule has 0 aromatic heterocycles. The van der Waals surface area contributed by atoms with Crippen LogP contribution in [0.4, 0.5) is 0 Å². The molecule has 108 valence electrons. The van der Waals surface area contributed by atoms with Gasteiger partial charge < -0.3 is 0 Å². The van der Waals surface area contributed by atoms with Crippen molar-refractivity contribution in [2.45, 2.75) is 77.2 Å². The van der Waals surface area contributed by atoms with E-state index in [1.54, 1.807) is 0 Å². The number of hydrogen-bond acceptors (Lipinski definition) is 2. The summed E-state index contributed by atoms with van der Waals surface area (Å²) in [7, 11) is 0. The van der Waals surface area contributed by atoms with Gasteiger partial charge in [0.25, 0.3) is 0 Å². The number of nitrogens with zero attached hydrogens (tertiary/aromatic N) is 1. The summed E-state index contributed by atoms with van der Waals surface area (Å²) in [6, 6.07) is 0. The van der Waals surface area contributed by atoms with Crippen molar-refractivity contribution in [1.29, 1.82) is 0 Å². The fraction of sp³-hybridized carbons (Fsp3) is 0.824. The topological polar surface area (TPSA) is 20.3 Å². The molecule has 2 aliphatic rings. The molecule has 0 bridgehead atoms. The zero-order valence-electron chi connectivity index (χ0n) is 12.7. The third kappa shape index (κ3) is 3.68. The van der Waals surface area contributed by atoms with E-state index in [0.29, 0.717) is 5.78 Å². The molecule has 0 radical (unpaired) electrons. The van der Waals surface area contributed by atoms with Crippen LogP contribution in [0.5, 0.6) is 0 Å². The van der Waals surface area contributed by atoms with Crippen LogP contribution in [0.25, 0.3) is 0 Å². The molecule has 1 saturated heterocycles. The Morgan fingerprint density at radius 1 is 1.00 bits per heavy atom. The van der Waals surface area contributed by atoms with Crippen molar-refractivity contribution in [1.82, 2.24) is 4.90 Å². The van der Waals surface area contributed by atoms with Gasteiger partial charge in [-0.1, -0.05) is 25.3 Å². The molecule has 2 heteroatoms. The third-order valence-electron chi connectivity index (χ3n) is 4.78. The first-order valence-corrected chi connectivity index (χ1v) is 8.11. The molecule has 19 heavy (non-hydrogen) atoms. The van der Waals surface area contributed by atoms with E-state index in [1.165, 1.54) is 44.9 Å². The minimum atomic E-state index is -0.305. The summed E-state index contributed by atoms with van der Waals surface area (Å²) >= 11 is 0. The number of ketones is 1. The molecular weight excluding hydrogens is 234 g/mol. The number of rotatable bonds is 3. The van der Waals surface area contributed by atoms with Gasteiger partial charge in [-0.25, -0.2) is 0 Å². The smallest absolute Gasteiger partial charge is 0.178 e. The molecule has 0 aromatic carbocycles. The van der Waals surface area contributed by atoms with Gasteiger partial charge in [0.15, 0.2) is 5.78 Å². The highest BCUT2D eigenvalue weighted by atomic mass is 16.1. The zero-order valence-corrected chi connectivity index (χ0v) is 12.7. The second kappa shape index (κ2) is 6.69. The van der Waals surface area contributed by atoms with Crippen molar-refractivity contribution in [2.75, 3.05) is 13.1 Å². The number of likely N-dealkylation sites (tertiary alicyclic amines) is 1. The van der Waals surface area contributed by atoms with Crippen LogP contribution in [-0.2, 0) is 4.79 Å². The van der Waals surface area contributed by atoms with Crippen molar-refractivity contribution >= 4 is 5.78 Å². The Morgan fingerprint density at radius 3 is 2.32 bits per heavy atom. The van der Waals surface area contributed by atoms with Crippen LogP contribution in [0, 0.1) is 0 Å². The van der Waals surface area contributed by atoms with E-state index >= 15 is 0 Å². The first kappa shape index (κ1) is 14.8. The second-order valence-electron chi connectivity index (χ2n) is 6.62. The van der Waals surface area contributed by atoms with Gasteiger partial charge >= 0.3 is 0 Å². The molecule has 2 nitrogen and oxygen atoms in total. The van der Waals surface area contributed by atoms with Crippen molar-refractivity contribution in [3.63, 3.8) is 0 Å². The van der Waals surface area contributed by atoms with Gasteiger partial charge in [0.05, 0.1) is 5.54 Å². The highest BCUT2D eigenvalue weighted by Gasteiger charge is 2.36. The predicted molar refractivity (Wildman–Crippen MR) is 80.3 cm³/mol. The molecule has 1 aliphatic carbocycles. The van der Waals surface area contributed by atoms with Crippen molar-refractivity contribution in [2.24, 2.45) is 0 Å². The second-order valence-corrected chi connectivity index (χ2v) is 6.62. The number of Topliss-reactive ketones (excluding diaryl/α,β-unsaturated/α-hetero) is 1. The number of carbonyl (C=O) groups excluding carboxylic acids is 1. The van der Waals surface area contributed by atoms with Gasteiger partial charge in [-0.2, -0.15) is 0 Å². The van der Waals surface area contributed by atoms with Gasteiger partial charge in [-0.15, -0.1) is 0 Å². The monoisotopic (exact) mass is 263 g/mol. The number of hydrogen-bond donors (Lipinski definition) is 0. The zero-order chi connectivity index (χ0) is 13.7. The van der Waals surface area contributed by atoms with Crippen LogP contribution in [-0.4, -0.2) is 29.3 Å². The van der Waals surface area contributed by atoms with E-state index in [9.17, 15) is 4.79 Å². The average Bonchev–Trinajstić information content (AvgIpc) is 2.82. The van der Waals surface area contributed by atoms with Gasteiger partial charge in [-0.3, -0.25) is 9.69 Å². The predicted octanol–water partition coefficient (Wildman–Crippen LogP) is 4.10. The molecule has 0 spiro atoms.